The van der Waals surface area contributed by atoms with Gasteiger partial charge in [-0.1, -0.05) is 6.07 Å². The second kappa shape index (κ2) is 10.4. The average Bonchev–Trinajstić information content (AvgIpc) is 3.18. The Hall–Kier alpha value is -3.14. The molecule has 1 unspecified atom stereocenters. The Morgan fingerprint density at radius 3 is 2.56 bits per heavy atom. The van der Waals surface area contributed by atoms with Crippen LogP contribution in [-0.2, 0) is 14.2 Å². The molecule has 0 saturated carbocycles. The van der Waals surface area contributed by atoms with Crippen LogP contribution in [0.4, 0.5) is 4.79 Å². The van der Waals surface area contributed by atoms with Crippen molar-refractivity contribution in [1.29, 1.82) is 0 Å². The first-order valence-corrected chi connectivity index (χ1v) is 10.9. The Bertz CT molecular complexity index is 964. The molecule has 10 nitrogen and oxygen atoms in total. The lowest BCUT2D eigenvalue weighted by Gasteiger charge is -2.34. The highest BCUT2D eigenvalue weighted by Gasteiger charge is 2.25. The number of carbonyl (C=O) groups excluding carboxylic acids is 3. The van der Waals surface area contributed by atoms with E-state index in [4.69, 9.17) is 9.47 Å². The highest BCUT2D eigenvalue weighted by Crippen LogP contribution is 2.19. The molecule has 10 heteroatoms. The highest BCUT2D eigenvalue weighted by atomic mass is 16.8. The average molecular weight is 447 g/mol. The first-order chi connectivity index (χ1) is 15.3. The van der Waals surface area contributed by atoms with E-state index >= 15 is 0 Å². The molecule has 1 saturated heterocycles. The SMILES string of the molecule is CCOC(=O)OC(C)OC(=O)c1cccc2[nH]c(C(=O)NC3CCN(C(C)C)CC3)nc12. The largest absolute Gasteiger partial charge is 0.511 e. The molecule has 32 heavy (non-hydrogen) atoms. The summed E-state index contributed by atoms with van der Waals surface area (Å²) in [6.07, 6.45) is -0.320. The topological polar surface area (TPSA) is 123 Å². The number of hydrogen-bond donors (Lipinski definition) is 2. The minimum atomic E-state index is -1.14. The summed E-state index contributed by atoms with van der Waals surface area (Å²) in [4.78, 5) is 46.4. The van der Waals surface area contributed by atoms with Crippen LogP contribution in [0.3, 0.4) is 0 Å². The van der Waals surface area contributed by atoms with Gasteiger partial charge in [-0.15, -0.1) is 0 Å². The van der Waals surface area contributed by atoms with Gasteiger partial charge in [-0.25, -0.2) is 14.6 Å². The van der Waals surface area contributed by atoms with Crippen molar-refractivity contribution in [2.45, 2.75) is 58.9 Å². The first kappa shape index (κ1) is 23.5. The maximum atomic E-state index is 12.7. The molecule has 1 aromatic carbocycles. The quantitative estimate of drug-likeness (QED) is 0.492. The zero-order chi connectivity index (χ0) is 23.3. The zero-order valence-electron chi connectivity index (χ0n) is 18.8. The van der Waals surface area contributed by atoms with Crippen molar-refractivity contribution in [2.24, 2.45) is 0 Å². The summed E-state index contributed by atoms with van der Waals surface area (Å²) in [5.74, 6) is -0.920. The Morgan fingerprint density at radius 1 is 1.19 bits per heavy atom. The molecule has 2 aromatic rings. The van der Waals surface area contributed by atoms with Gasteiger partial charge >= 0.3 is 12.1 Å². The molecule has 3 rings (SSSR count). The number of esters is 1. The number of likely N-dealkylation sites (tertiary alicyclic amines) is 1. The van der Waals surface area contributed by atoms with Crippen molar-refractivity contribution < 1.29 is 28.6 Å². The zero-order valence-corrected chi connectivity index (χ0v) is 18.8. The fourth-order valence-electron chi connectivity index (χ4n) is 3.64. The lowest BCUT2D eigenvalue weighted by atomic mass is 10.0. The molecule has 0 aliphatic carbocycles. The predicted octanol–water partition coefficient (Wildman–Crippen LogP) is 2.84. The molecule has 1 atom stereocenters. The van der Waals surface area contributed by atoms with Crippen molar-refractivity contribution in [3.63, 3.8) is 0 Å². The third-order valence-corrected chi connectivity index (χ3v) is 5.34. The molecule has 174 valence electrons. The number of H-pyrrole nitrogens is 1. The van der Waals surface area contributed by atoms with Gasteiger partial charge in [-0.05, 0) is 45.7 Å². The van der Waals surface area contributed by atoms with Crippen LogP contribution in [0.1, 0.15) is 61.5 Å². The minimum absolute atomic E-state index is 0.0797. The second-order valence-corrected chi connectivity index (χ2v) is 7.94. The van der Waals surface area contributed by atoms with E-state index in [0.717, 1.165) is 25.9 Å². The third-order valence-electron chi connectivity index (χ3n) is 5.34. The van der Waals surface area contributed by atoms with Crippen LogP contribution in [0.5, 0.6) is 0 Å². The number of ether oxygens (including phenoxy) is 3. The molecule has 2 N–H and O–H groups in total. The van der Waals surface area contributed by atoms with Crippen LogP contribution in [0, 0.1) is 0 Å². The normalized spacial score (nSPS) is 16.0. The summed E-state index contributed by atoms with van der Waals surface area (Å²) in [7, 11) is 0. The number of benzene rings is 1. The van der Waals surface area contributed by atoms with Crippen LogP contribution < -0.4 is 5.32 Å². The van der Waals surface area contributed by atoms with Crippen molar-refractivity contribution in [1.82, 2.24) is 20.2 Å². The number of para-hydroxylation sites is 1. The van der Waals surface area contributed by atoms with Crippen LogP contribution in [0.25, 0.3) is 11.0 Å². The number of rotatable bonds is 7. The van der Waals surface area contributed by atoms with E-state index in [2.05, 4.69) is 38.8 Å². The van der Waals surface area contributed by atoms with Gasteiger partial charge < -0.3 is 29.4 Å². The summed E-state index contributed by atoms with van der Waals surface area (Å²) in [6.45, 7) is 9.39. The third kappa shape index (κ3) is 5.76. The number of hydrogen-bond acceptors (Lipinski definition) is 8. The fraction of sp³-hybridized carbons (Fsp3) is 0.545. The Labute approximate surface area is 186 Å². The molecule has 0 bridgehead atoms. The molecule has 1 aromatic heterocycles. The maximum Gasteiger partial charge on any atom is 0.511 e. The van der Waals surface area contributed by atoms with Gasteiger partial charge in [0.05, 0.1) is 17.7 Å². The second-order valence-electron chi connectivity index (χ2n) is 7.94. The number of piperidine rings is 1. The van der Waals surface area contributed by atoms with E-state index in [1.807, 2.05) is 0 Å². The predicted molar refractivity (Wildman–Crippen MR) is 116 cm³/mol. The Morgan fingerprint density at radius 2 is 1.91 bits per heavy atom. The molecule has 0 spiro atoms. The number of nitrogens with zero attached hydrogens (tertiary/aromatic N) is 2. The summed E-state index contributed by atoms with van der Waals surface area (Å²) in [5, 5.41) is 3.02. The van der Waals surface area contributed by atoms with E-state index in [-0.39, 0.29) is 29.9 Å². The van der Waals surface area contributed by atoms with E-state index in [9.17, 15) is 14.4 Å². The number of aromatic nitrogens is 2. The summed E-state index contributed by atoms with van der Waals surface area (Å²) in [6, 6.07) is 5.47. The molecule has 2 heterocycles. The van der Waals surface area contributed by atoms with E-state index < -0.39 is 18.4 Å². The fourth-order valence-corrected chi connectivity index (χ4v) is 3.64. The highest BCUT2D eigenvalue weighted by molar-refractivity contribution is 6.04. The number of carbonyl (C=O) groups is 3. The van der Waals surface area contributed by atoms with Gasteiger partial charge in [0.2, 0.25) is 6.29 Å². The lowest BCUT2D eigenvalue weighted by Crippen LogP contribution is -2.46. The first-order valence-electron chi connectivity index (χ1n) is 10.9. The van der Waals surface area contributed by atoms with Crippen molar-refractivity contribution >= 4 is 29.1 Å². The summed E-state index contributed by atoms with van der Waals surface area (Å²) < 4.78 is 14.7. The number of aromatic amines is 1. The van der Waals surface area contributed by atoms with Crippen molar-refractivity contribution in [3.05, 3.63) is 29.6 Å². The molecule has 1 amide bonds. The number of imidazole rings is 1. The maximum absolute atomic E-state index is 12.7. The van der Waals surface area contributed by atoms with Crippen LogP contribution in [-0.4, -0.2) is 71.0 Å². The van der Waals surface area contributed by atoms with Gasteiger partial charge in [0.25, 0.3) is 5.91 Å². The van der Waals surface area contributed by atoms with Gasteiger partial charge in [0.15, 0.2) is 5.82 Å². The van der Waals surface area contributed by atoms with Crippen molar-refractivity contribution in [2.75, 3.05) is 19.7 Å². The van der Waals surface area contributed by atoms with Crippen molar-refractivity contribution in [3.8, 4) is 0 Å². The monoisotopic (exact) mass is 446 g/mol. The molecular weight excluding hydrogens is 416 g/mol. The standard InChI is InChI=1S/C22H30N4O6/c1-5-30-22(29)32-14(4)31-21(28)16-7-6-8-17-18(16)25-19(24-17)20(27)23-15-9-11-26(12-10-15)13(2)3/h6-8,13-15H,5,9-12H2,1-4H3,(H,23,27)(H,24,25). The molecule has 1 aliphatic heterocycles. The van der Waals surface area contributed by atoms with E-state index in [1.165, 1.54) is 13.0 Å². The molecule has 1 fully saturated rings. The Balaban J connectivity index is 1.66. The molecule has 1 aliphatic rings. The van der Waals surface area contributed by atoms with Crippen LogP contribution in [0.2, 0.25) is 0 Å². The number of fused-ring (bicyclic) bond motifs is 1. The number of amides is 1. The van der Waals surface area contributed by atoms with Gasteiger partial charge in [-0.3, -0.25) is 4.79 Å². The van der Waals surface area contributed by atoms with Crippen LogP contribution >= 0.6 is 0 Å². The molecule has 0 radical (unpaired) electrons. The summed E-state index contributed by atoms with van der Waals surface area (Å²) in [5.41, 5.74) is 0.987. The van der Waals surface area contributed by atoms with E-state index in [1.54, 1.807) is 19.1 Å². The number of nitrogens with one attached hydrogen (secondary N) is 2. The smallest absolute Gasteiger partial charge is 0.435 e. The van der Waals surface area contributed by atoms with Gasteiger partial charge in [-0.2, -0.15) is 0 Å². The van der Waals surface area contributed by atoms with Gasteiger partial charge in [0, 0.05) is 32.1 Å². The van der Waals surface area contributed by atoms with Crippen LogP contribution in [0.15, 0.2) is 18.2 Å². The lowest BCUT2D eigenvalue weighted by molar-refractivity contribution is -0.0810. The molecular formula is C22H30N4O6. The van der Waals surface area contributed by atoms with E-state index in [0.29, 0.717) is 17.1 Å². The minimum Gasteiger partial charge on any atom is -0.435 e. The summed E-state index contributed by atoms with van der Waals surface area (Å²) >= 11 is 0. The Kier molecular flexibility index (Phi) is 7.68. The van der Waals surface area contributed by atoms with Gasteiger partial charge in [0.1, 0.15) is 5.52 Å².